The number of carboxylic acid groups (broad SMARTS) is 1. The zero-order valence-electron chi connectivity index (χ0n) is 14.5. The van der Waals surface area contributed by atoms with Gasteiger partial charge in [0.2, 0.25) is 5.91 Å². The van der Waals surface area contributed by atoms with Crippen molar-refractivity contribution >= 4 is 64.3 Å². The van der Waals surface area contributed by atoms with Crippen LogP contribution in [0.5, 0.6) is 0 Å². The van der Waals surface area contributed by atoms with Crippen molar-refractivity contribution in [3.8, 4) is 0 Å². The van der Waals surface area contributed by atoms with Gasteiger partial charge in [-0.2, -0.15) is 0 Å². The van der Waals surface area contributed by atoms with Crippen molar-refractivity contribution in [3.05, 3.63) is 58.6 Å². The third kappa shape index (κ3) is 3.92. The molecule has 2 aromatic rings. The molecule has 0 spiro atoms. The zero-order chi connectivity index (χ0) is 20.4. The molecule has 1 aliphatic rings. The quantitative estimate of drug-likeness (QED) is 0.454. The molecule has 0 bridgehead atoms. The number of aliphatic imine (C=N–C) groups is 1. The van der Waals surface area contributed by atoms with E-state index >= 15 is 0 Å². The monoisotopic (exact) mass is 415 g/mol. The molecule has 1 fully saturated rings. The van der Waals surface area contributed by atoms with E-state index in [0.29, 0.717) is 5.69 Å². The average molecular weight is 416 g/mol. The number of hydrogen-bond acceptors (Lipinski definition) is 5. The molecule has 7 nitrogen and oxygen atoms in total. The molecule has 2 aromatic carbocycles. The van der Waals surface area contributed by atoms with Gasteiger partial charge in [0.05, 0.1) is 22.0 Å². The van der Waals surface area contributed by atoms with Crippen LogP contribution in [0.4, 0.5) is 11.4 Å². The summed E-state index contributed by atoms with van der Waals surface area (Å²) >= 11 is 11.0. The fraction of sp³-hybridized carbons (Fsp3) is 0.105. The van der Waals surface area contributed by atoms with Gasteiger partial charge in [0.1, 0.15) is 0 Å². The molecular formula is C19H14ClN3O4S. The number of thiocarbonyl (C=S) groups is 1. The normalized spacial score (nSPS) is 17.1. The second kappa shape index (κ2) is 7.87. The number of anilines is 1. The highest BCUT2D eigenvalue weighted by atomic mass is 35.5. The van der Waals surface area contributed by atoms with Crippen LogP contribution in [0.15, 0.2) is 47.5 Å². The van der Waals surface area contributed by atoms with Gasteiger partial charge < -0.3 is 10.4 Å². The van der Waals surface area contributed by atoms with Crippen LogP contribution < -0.4 is 10.2 Å². The smallest absolute Gasteiger partial charge is 0.337 e. The van der Waals surface area contributed by atoms with Crippen LogP contribution in [0.3, 0.4) is 0 Å². The highest BCUT2D eigenvalue weighted by Gasteiger charge is 2.38. The second-order valence-electron chi connectivity index (χ2n) is 6.03. The molecule has 28 heavy (non-hydrogen) atoms. The number of halogens is 1. The Balaban J connectivity index is 1.89. The molecule has 1 aliphatic heterocycles. The summed E-state index contributed by atoms with van der Waals surface area (Å²) in [6, 6.07) is 11.2. The standard InChI is InChI=1S/C19H14ClN3O4S/c1-10-2-5-12(6-3-10)23-17(25)14(16(24)22-19(23)28)9-21-11-4-7-15(20)13(8-11)18(26)27/h2-9,14H,1H3,(H,26,27)(H,22,24,28)/t14-/m0/s1. The van der Waals surface area contributed by atoms with Gasteiger partial charge in [-0.15, -0.1) is 0 Å². The lowest BCUT2D eigenvalue weighted by Crippen LogP contribution is -2.58. The number of benzene rings is 2. The molecule has 0 unspecified atom stereocenters. The van der Waals surface area contributed by atoms with E-state index in [-0.39, 0.29) is 21.4 Å². The molecule has 3 rings (SSSR count). The summed E-state index contributed by atoms with van der Waals surface area (Å²) in [7, 11) is 0. The van der Waals surface area contributed by atoms with Gasteiger partial charge in [-0.1, -0.05) is 29.3 Å². The Morgan fingerprint density at radius 2 is 1.93 bits per heavy atom. The lowest BCUT2D eigenvalue weighted by atomic mass is 10.1. The predicted molar refractivity (Wildman–Crippen MR) is 109 cm³/mol. The van der Waals surface area contributed by atoms with Crippen LogP contribution >= 0.6 is 23.8 Å². The number of amides is 2. The highest BCUT2D eigenvalue weighted by molar-refractivity contribution is 7.80. The molecule has 0 aromatic heterocycles. The minimum absolute atomic E-state index is 0.0110. The lowest BCUT2D eigenvalue weighted by Gasteiger charge is -2.30. The Bertz CT molecular complexity index is 1020. The van der Waals surface area contributed by atoms with E-state index < -0.39 is 23.7 Å². The fourth-order valence-corrected chi connectivity index (χ4v) is 3.07. The Morgan fingerprint density at radius 3 is 2.57 bits per heavy atom. The maximum Gasteiger partial charge on any atom is 0.337 e. The average Bonchev–Trinajstić information content (AvgIpc) is 2.63. The molecule has 2 N–H and O–H groups in total. The molecule has 1 heterocycles. The molecular weight excluding hydrogens is 402 g/mol. The highest BCUT2D eigenvalue weighted by Crippen LogP contribution is 2.24. The number of carbonyl (C=O) groups is 3. The van der Waals surface area contributed by atoms with Gasteiger partial charge in [-0.3, -0.25) is 19.5 Å². The first-order chi connectivity index (χ1) is 13.3. The summed E-state index contributed by atoms with van der Waals surface area (Å²) in [6.07, 6.45) is 1.16. The number of carbonyl (C=O) groups excluding carboxylic acids is 2. The predicted octanol–water partition coefficient (Wildman–Crippen LogP) is 3.11. The first-order valence-corrected chi connectivity index (χ1v) is 8.89. The van der Waals surface area contributed by atoms with E-state index in [1.165, 1.54) is 23.1 Å². The van der Waals surface area contributed by atoms with Crippen molar-refractivity contribution in [1.82, 2.24) is 5.32 Å². The minimum Gasteiger partial charge on any atom is -0.478 e. The van der Waals surface area contributed by atoms with Crippen molar-refractivity contribution in [3.63, 3.8) is 0 Å². The minimum atomic E-state index is -1.21. The van der Waals surface area contributed by atoms with E-state index in [0.717, 1.165) is 11.8 Å². The number of nitrogens with one attached hydrogen (secondary N) is 1. The SMILES string of the molecule is Cc1ccc(N2C(=O)[C@@H](C=Nc3ccc(Cl)c(C(=O)O)c3)C(=O)NC2=S)cc1. The van der Waals surface area contributed by atoms with Gasteiger partial charge in [0.15, 0.2) is 11.0 Å². The Labute approximate surface area is 170 Å². The summed E-state index contributed by atoms with van der Waals surface area (Å²) in [5, 5.41) is 11.7. The van der Waals surface area contributed by atoms with Crippen LogP contribution in [-0.2, 0) is 9.59 Å². The van der Waals surface area contributed by atoms with Gasteiger partial charge in [0.25, 0.3) is 5.91 Å². The molecule has 0 radical (unpaired) electrons. The molecule has 0 aliphatic carbocycles. The van der Waals surface area contributed by atoms with Gasteiger partial charge in [-0.05, 0) is 49.5 Å². The van der Waals surface area contributed by atoms with Crippen LogP contribution in [0.1, 0.15) is 15.9 Å². The van der Waals surface area contributed by atoms with Gasteiger partial charge in [0, 0.05) is 6.21 Å². The second-order valence-corrected chi connectivity index (χ2v) is 6.82. The molecule has 142 valence electrons. The first kappa shape index (κ1) is 19.7. The summed E-state index contributed by atoms with van der Waals surface area (Å²) in [4.78, 5) is 41.6. The van der Waals surface area contributed by atoms with Crippen LogP contribution in [-0.4, -0.2) is 34.2 Å². The van der Waals surface area contributed by atoms with E-state index in [9.17, 15) is 14.4 Å². The number of hydrogen-bond donors (Lipinski definition) is 2. The van der Waals surface area contributed by atoms with Crippen molar-refractivity contribution < 1.29 is 19.5 Å². The third-order valence-corrected chi connectivity index (χ3v) is 4.66. The molecule has 1 saturated heterocycles. The Kier molecular flexibility index (Phi) is 5.53. The number of nitrogens with zero attached hydrogens (tertiary/aromatic N) is 2. The van der Waals surface area contributed by atoms with E-state index in [4.69, 9.17) is 28.9 Å². The van der Waals surface area contributed by atoms with Crippen molar-refractivity contribution in [2.24, 2.45) is 10.9 Å². The molecule has 9 heteroatoms. The topological polar surface area (TPSA) is 99.1 Å². The number of rotatable bonds is 4. The van der Waals surface area contributed by atoms with Crippen molar-refractivity contribution in [2.75, 3.05) is 4.90 Å². The number of aryl methyl sites for hydroxylation is 1. The first-order valence-electron chi connectivity index (χ1n) is 8.10. The number of aromatic carboxylic acids is 1. The van der Waals surface area contributed by atoms with Crippen LogP contribution in [0.2, 0.25) is 5.02 Å². The van der Waals surface area contributed by atoms with Gasteiger partial charge in [-0.25, -0.2) is 4.79 Å². The van der Waals surface area contributed by atoms with Crippen molar-refractivity contribution in [1.29, 1.82) is 0 Å². The maximum atomic E-state index is 12.9. The maximum absolute atomic E-state index is 12.9. The molecule has 2 amide bonds. The van der Waals surface area contributed by atoms with Crippen LogP contribution in [0.25, 0.3) is 0 Å². The number of carboxylic acids is 1. The van der Waals surface area contributed by atoms with Gasteiger partial charge >= 0.3 is 5.97 Å². The summed E-state index contributed by atoms with van der Waals surface area (Å²) in [5.74, 6) is -3.57. The lowest BCUT2D eigenvalue weighted by molar-refractivity contribution is -0.130. The zero-order valence-corrected chi connectivity index (χ0v) is 16.1. The third-order valence-electron chi connectivity index (χ3n) is 4.05. The Morgan fingerprint density at radius 1 is 1.25 bits per heavy atom. The fourth-order valence-electron chi connectivity index (χ4n) is 2.58. The Hall–Kier alpha value is -3.10. The largest absolute Gasteiger partial charge is 0.478 e. The van der Waals surface area contributed by atoms with Crippen molar-refractivity contribution in [2.45, 2.75) is 6.92 Å². The summed E-state index contributed by atoms with van der Waals surface area (Å²) in [5.41, 5.74) is 1.66. The molecule has 1 atom stereocenters. The molecule has 0 saturated carbocycles. The summed E-state index contributed by atoms with van der Waals surface area (Å²) < 4.78 is 0. The van der Waals surface area contributed by atoms with E-state index in [2.05, 4.69) is 10.3 Å². The van der Waals surface area contributed by atoms with E-state index in [1.807, 2.05) is 19.1 Å². The van der Waals surface area contributed by atoms with E-state index in [1.54, 1.807) is 12.1 Å². The van der Waals surface area contributed by atoms with Crippen LogP contribution in [0, 0.1) is 12.8 Å². The summed E-state index contributed by atoms with van der Waals surface area (Å²) in [6.45, 7) is 1.91.